The van der Waals surface area contributed by atoms with Gasteiger partial charge in [0.15, 0.2) is 6.29 Å². The van der Waals surface area contributed by atoms with E-state index in [-0.39, 0.29) is 18.4 Å². The summed E-state index contributed by atoms with van der Waals surface area (Å²) in [5.41, 5.74) is 3.68. The number of nitrogens with one attached hydrogen (secondary N) is 1. The Morgan fingerprint density at radius 1 is 1.03 bits per heavy atom. The average Bonchev–Trinajstić information content (AvgIpc) is 3.57. The summed E-state index contributed by atoms with van der Waals surface area (Å²) in [6.45, 7) is 1.74. The van der Waals surface area contributed by atoms with Crippen LogP contribution in [-0.2, 0) is 16.6 Å². The van der Waals surface area contributed by atoms with Gasteiger partial charge in [0.25, 0.3) is 5.91 Å². The molecule has 3 aliphatic rings. The maximum absolute atomic E-state index is 14.0. The summed E-state index contributed by atoms with van der Waals surface area (Å²) in [4.78, 5) is 39.5. The van der Waals surface area contributed by atoms with Gasteiger partial charge >= 0.3 is 0 Å². The lowest BCUT2D eigenvalue weighted by atomic mass is 9.76. The molecular weight excluding hydrogens is 444 g/mol. The molecule has 7 heteroatoms. The highest BCUT2D eigenvalue weighted by Crippen LogP contribution is 2.53. The molecule has 1 spiro atoms. The molecule has 1 unspecified atom stereocenters. The normalized spacial score (nSPS) is 19.1. The van der Waals surface area contributed by atoms with Gasteiger partial charge in [0, 0.05) is 48.0 Å². The number of hydrogen-bond acceptors (Lipinski definition) is 5. The third kappa shape index (κ3) is 3.22. The molecule has 176 valence electrons. The van der Waals surface area contributed by atoms with Crippen molar-refractivity contribution in [2.75, 3.05) is 31.2 Å². The Morgan fingerprint density at radius 2 is 1.86 bits per heavy atom. The molecular formula is C28H24N2O5. The van der Waals surface area contributed by atoms with Gasteiger partial charge in [0.05, 0.1) is 6.61 Å². The van der Waals surface area contributed by atoms with Crippen molar-refractivity contribution in [2.45, 2.75) is 18.3 Å². The molecule has 0 radical (unpaired) electrons. The number of carbonyl (C=O) groups excluding carboxylic acids is 3. The average molecular weight is 469 g/mol. The predicted molar refractivity (Wildman–Crippen MR) is 129 cm³/mol. The fraction of sp³-hybridized carbons (Fsp3) is 0.250. The molecule has 1 N–H and O–H groups in total. The van der Waals surface area contributed by atoms with Crippen molar-refractivity contribution < 1.29 is 23.9 Å². The van der Waals surface area contributed by atoms with Gasteiger partial charge in [-0.25, -0.2) is 0 Å². The van der Waals surface area contributed by atoms with Crippen molar-refractivity contribution >= 4 is 23.8 Å². The summed E-state index contributed by atoms with van der Waals surface area (Å²) in [5.74, 6) is 1.24. The van der Waals surface area contributed by atoms with Crippen LogP contribution in [0.25, 0.3) is 0 Å². The zero-order valence-electron chi connectivity index (χ0n) is 19.1. The van der Waals surface area contributed by atoms with E-state index in [0.717, 1.165) is 34.5 Å². The number of rotatable bonds is 6. The number of para-hydroxylation sites is 1. The SMILES string of the molecule is O=Cc1ccccc1C(=O)NCCCN1C(=O)C2(COc3cc4c(cc32)CCO4)c2ccccc21. The highest BCUT2D eigenvalue weighted by Gasteiger charge is 2.57. The molecule has 3 aromatic rings. The minimum absolute atomic E-state index is 0.00561. The summed E-state index contributed by atoms with van der Waals surface area (Å²) in [6.07, 6.45) is 2.07. The van der Waals surface area contributed by atoms with Crippen molar-refractivity contribution in [3.05, 3.63) is 88.5 Å². The number of hydrogen-bond donors (Lipinski definition) is 1. The van der Waals surface area contributed by atoms with Crippen molar-refractivity contribution in [3.63, 3.8) is 0 Å². The van der Waals surface area contributed by atoms with Gasteiger partial charge < -0.3 is 19.7 Å². The minimum atomic E-state index is -0.865. The Balaban J connectivity index is 1.22. The third-order valence-corrected chi connectivity index (χ3v) is 7.14. The Hall–Kier alpha value is -4.13. The summed E-state index contributed by atoms with van der Waals surface area (Å²) >= 11 is 0. The predicted octanol–water partition coefficient (Wildman–Crippen LogP) is 3.28. The fourth-order valence-electron chi connectivity index (χ4n) is 5.41. The van der Waals surface area contributed by atoms with Crippen LogP contribution in [0, 0.1) is 0 Å². The van der Waals surface area contributed by atoms with Gasteiger partial charge in [-0.3, -0.25) is 14.4 Å². The molecule has 0 saturated heterocycles. The lowest BCUT2D eigenvalue weighted by Gasteiger charge is -2.23. The molecule has 3 aliphatic heterocycles. The maximum atomic E-state index is 14.0. The molecule has 0 aliphatic carbocycles. The molecule has 6 rings (SSSR count). The van der Waals surface area contributed by atoms with E-state index in [1.54, 1.807) is 24.3 Å². The van der Waals surface area contributed by atoms with E-state index >= 15 is 0 Å². The molecule has 0 fully saturated rings. The zero-order valence-corrected chi connectivity index (χ0v) is 19.1. The number of anilines is 1. The largest absolute Gasteiger partial charge is 0.493 e. The number of amides is 2. The molecule has 0 aromatic heterocycles. The third-order valence-electron chi connectivity index (χ3n) is 7.14. The van der Waals surface area contributed by atoms with Gasteiger partial charge in [-0.15, -0.1) is 0 Å². The highest BCUT2D eigenvalue weighted by atomic mass is 16.5. The lowest BCUT2D eigenvalue weighted by Crippen LogP contribution is -2.43. The Morgan fingerprint density at radius 3 is 2.74 bits per heavy atom. The number of fused-ring (bicyclic) bond motifs is 5. The van der Waals surface area contributed by atoms with E-state index in [1.165, 1.54) is 0 Å². The lowest BCUT2D eigenvalue weighted by molar-refractivity contribution is -0.122. The van der Waals surface area contributed by atoms with Crippen molar-refractivity contribution in [2.24, 2.45) is 0 Å². The summed E-state index contributed by atoms with van der Waals surface area (Å²) in [5, 5.41) is 2.87. The molecule has 7 nitrogen and oxygen atoms in total. The monoisotopic (exact) mass is 468 g/mol. The Bertz CT molecular complexity index is 1370. The molecule has 3 aromatic carbocycles. The van der Waals surface area contributed by atoms with Crippen LogP contribution in [0.1, 0.15) is 43.8 Å². The first-order chi connectivity index (χ1) is 17.1. The first kappa shape index (κ1) is 21.4. The summed E-state index contributed by atoms with van der Waals surface area (Å²) < 4.78 is 11.7. The first-order valence-corrected chi connectivity index (χ1v) is 11.8. The van der Waals surface area contributed by atoms with Crippen LogP contribution in [0.5, 0.6) is 11.5 Å². The fourth-order valence-corrected chi connectivity index (χ4v) is 5.41. The quantitative estimate of drug-likeness (QED) is 0.443. The van der Waals surface area contributed by atoms with Gasteiger partial charge in [-0.05, 0) is 35.7 Å². The van der Waals surface area contributed by atoms with Gasteiger partial charge in [-0.1, -0.05) is 36.4 Å². The second kappa shape index (κ2) is 8.27. The second-order valence-corrected chi connectivity index (χ2v) is 9.04. The standard InChI is InChI=1S/C28H24N2O5/c31-16-19-6-1-2-7-20(19)26(32)29-11-5-12-30-23-9-4-3-8-21(23)28(27(30)33)17-35-25-15-24-18(10-13-34-24)14-22(25)28/h1-4,6-9,14-16H,5,10-13,17H2,(H,29,32). The van der Waals surface area contributed by atoms with Crippen LogP contribution in [0.2, 0.25) is 0 Å². The van der Waals surface area contributed by atoms with E-state index in [1.807, 2.05) is 35.2 Å². The van der Waals surface area contributed by atoms with Crippen LogP contribution < -0.4 is 19.7 Å². The maximum Gasteiger partial charge on any atom is 0.252 e. The second-order valence-electron chi connectivity index (χ2n) is 9.04. The van der Waals surface area contributed by atoms with Crippen molar-refractivity contribution in [1.82, 2.24) is 5.32 Å². The van der Waals surface area contributed by atoms with Gasteiger partial charge in [0.1, 0.15) is 23.5 Å². The Kier molecular flexibility index (Phi) is 5.06. The van der Waals surface area contributed by atoms with Crippen LogP contribution in [0.15, 0.2) is 60.7 Å². The van der Waals surface area contributed by atoms with Gasteiger partial charge in [0.2, 0.25) is 5.91 Å². The van der Waals surface area contributed by atoms with Crippen LogP contribution in [-0.4, -0.2) is 44.4 Å². The van der Waals surface area contributed by atoms with Gasteiger partial charge in [-0.2, -0.15) is 0 Å². The Labute approximate surface area is 202 Å². The topological polar surface area (TPSA) is 84.9 Å². The van der Waals surface area contributed by atoms with E-state index in [0.29, 0.717) is 49.3 Å². The number of aldehydes is 1. The zero-order chi connectivity index (χ0) is 24.0. The smallest absolute Gasteiger partial charge is 0.252 e. The molecule has 0 bridgehead atoms. The van der Waals surface area contributed by atoms with E-state index < -0.39 is 5.41 Å². The van der Waals surface area contributed by atoms with Crippen LogP contribution >= 0.6 is 0 Å². The van der Waals surface area contributed by atoms with Crippen molar-refractivity contribution in [1.29, 1.82) is 0 Å². The number of ether oxygens (including phenoxy) is 2. The molecule has 2 amide bonds. The summed E-state index contributed by atoms with van der Waals surface area (Å²) in [7, 11) is 0. The number of nitrogens with zero attached hydrogens (tertiary/aromatic N) is 1. The van der Waals surface area contributed by atoms with E-state index in [9.17, 15) is 14.4 Å². The van der Waals surface area contributed by atoms with E-state index in [2.05, 4.69) is 11.4 Å². The molecule has 0 saturated carbocycles. The van der Waals surface area contributed by atoms with Crippen molar-refractivity contribution in [3.8, 4) is 11.5 Å². The minimum Gasteiger partial charge on any atom is -0.493 e. The van der Waals surface area contributed by atoms with Crippen LogP contribution in [0.3, 0.4) is 0 Å². The number of benzene rings is 3. The number of carbonyl (C=O) groups is 3. The van der Waals surface area contributed by atoms with Crippen LogP contribution in [0.4, 0.5) is 5.69 Å². The van der Waals surface area contributed by atoms with E-state index in [4.69, 9.17) is 9.47 Å². The first-order valence-electron chi connectivity index (χ1n) is 11.8. The molecule has 35 heavy (non-hydrogen) atoms. The molecule has 1 atom stereocenters. The molecule has 3 heterocycles. The summed E-state index contributed by atoms with van der Waals surface area (Å²) in [6, 6.07) is 18.5. The highest BCUT2D eigenvalue weighted by molar-refractivity contribution is 6.11.